The zero-order valence-electron chi connectivity index (χ0n) is 7.92. The lowest BCUT2D eigenvalue weighted by Gasteiger charge is -2.35. The number of piperidine rings is 1. The summed E-state index contributed by atoms with van der Waals surface area (Å²) in [4.78, 5) is 12.9. The lowest BCUT2D eigenvalue weighted by Crippen LogP contribution is -2.46. The van der Waals surface area contributed by atoms with E-state index in [-0.39, 0.29) is 18.7 Å². The molecule has 3 nitrogen and oxygen atoms in total. The van der Waals surface area contributed by atoms with Gasteiger partial charge >= 0.3 is 0 Å². The molecule has 0 radical (unpaired) electrons. The predicted molar refractivity (Wildman–Crippen MR) is 47.0 cm³/mol. The highest BCUT2D eigenvalue weighted by molar-refractivity contribution is 5.75. The number of likely N-dealkylation sites (tertiary alicyclic amines) is 1. The van der Waals surface area contributed by atoms with E-state index in [2.05, 4.69) is 0 Å². The second kappa shape index (κ2) is 4.05. The molecular formula is C9H16FNO2. The highest BCUT2D eigenvalue weighted by atomic mass is 19.1. The molecule has 76 valence electrons. The van der Waals surface area contributed by atoms with Crippen molar-refractivity contribution in [3.05, 3.63) is 0 Å². The Morgan fingerprint density at radius 1 is 1.54 bits per heavy atom. The van der Waals surface area contributed by atoms with E-state index in [1.165, 1.54) is 0 Å². The molecule has 0 saturated carbocycles. The van der Waals surface area contributed by atoms with Crippen molar-refractivity contribution in [1.82, 2.24) is 4.90 Å². The quantitative estimate of drug-likeness (QED) is 0.695. The van der Waals surface area contributed by atoms with Gasteiger partial charge in [-0.05, 0) is 0 Å². The number of aliphatic hydroxyl groups excluding tert-OH is 1. The Morgan fingerprint density at radius 2 is 2.08 bits per heavy atom. The molecule has 1 aliphatic rings. The second-order valence-electron chi connectivity index (χ2n) is 3.54. The number of hydrogen-bond acceptors (Lipinski definition) is 2. The summed E-state index contributed by atoms with van der Waals surface area (Å²) in [6.07, 6.45) is 0.989. The number of carbonyl (C=O) groups excluding carboxylic acids is 1. The summed E-state index contributed by atoms with van der Waals surface area (Å²) in [6, 6.07) is 0. The molecule has 0 aromatic rings. The number of rotatable bonds is 2. The van der Waals surface area contributed by atoms with Crippen LogP contribution in [-0.4, -0.2) is 41.3 Å². The summed E-state index contributed by atoms with van der Waals surface area (Å²) >= 11 is 0. The summed E-state index contributed by atoms with van der Waals surface area (Å²) in [5.74, 6) is 0.0694. The standard InChI is InChI=1S/C9H16FNO2/c1-2-8(13)11-5-3-9(10,7-12)4-6-11/h12H,2-7H2,1H3. The molecule has 1 saturated heterocycles. The van der Waals surface area contributed by atoms with E-state index in [0.29, 0.717) is 19.5 Å². The smallest absolute Gasteiger partial charge is 0.222 e. The van der Waals surface area contributed by atoms with Gasteiger partial charge in [0.05, 0.1) is 6.61 Å². The topological polar surface area (TPSA) is 40.5 Å². The van der Waals surface area contributed by atoms with Crippen molar-refractivity contribution in [1.29, 1.82) is 0 Å². The first kappa shape index (κ1) is 10.4. The number of hydrogen-bond donors (Lipinski definition) is 1. The van der Waals surface area contributed by atoms with Crippen LogP contribution in [0.4, 0.5) is 4.39 Å². The van der Waals surface area contributed by atoms with E-state index in [9.17, 15) is 9.18 Å². The van der Waals surface area contributed by atoms with Gasteiger partial charge in [-0.3, -0.25) is 4.79 Å². The molecule has 1 rings (SSSR count). The maximum absolute atomic E-state index is 13.5. The normalized spacial score (nSPS) is 21.6. The molecule has 0 aliphatic carbocycles. The Morgan fingerprint density at radius 3 is 2.46 bits per heavy atom. The van der Waals surface area contributed by atoms with Gasteiger partial charge in [0.15, 0.2) is 0 Å². The van der Waals surface area contributed by atoms with Gasteiger partial charge in [-0.25, -0.2) is 4.39 Å². The van der Waals surface area contributed by atoms with Crippen LogP contribution in [0.5, 0.6) is 0 Å². The van der Waals surface area contributed by atoms with Gasteiger partial charge in [-0.2, -0.15) is 0 Å². The molecule has 0 unspecified atom stereocenters. The number of carbonyl (C=O) groups is 1. The zero-order chi connectivity index (χ0) is 9.90. The van der Waals surface area contributed by atoms with Crippen molar-refractivity contribution < 1.29 is 14.3 Å². The van der Waals surface area contributed by atoms with Crippen molar-refractivity contribution in [2.75, 3.05) is 19.7 Å². The van der Waals surface area contributed by atoms with Gasteiger partial charge < -0.3 is 10.0 Å². The molecular weight excluding hydrogens is 173 g/mol. The number of alkyl halides is 1. The van der Waals surface area contributed by atoms with Crippen molar-refractivity contribution in [3.63, 3.8) is 0 Å². The number of aliphatic hydroxyl groups is 1. The van der Waals surface area contributed by atoms with Crippen LogP contribution in [0.15, 0.2) is 0 Å². The lowest BCUT2D eigenvalue weighted by molar-refractivity contribution is -0.134. The van der Waals surface area contributed by atoms with Crippen molar-refractivity contribution in [2.24, 2.45) is 0 Å². The summed E-state index contributed by atoms with van der Waals surface area (Å²) < 4.78 is 13.5. The fourth-order valence-electron chi connectivity index (χ4n) is 1.54. The van der Waals surface area contributed by atoms with Crippen molar-refractivity contribution in [3.8, 4) is 0 Å². The largest absolute Gasteiger partial charge is 0.393 e. The first-order valence-corrected chi connectivity index (χ1v) is 4.69. The van der Waals surface area contributed by atoms with Crippen LogP contribution in [0.2, 0.25) is 0 Å². The van der Waals surface area contributed by atoms with Gasteiger partial charge in [0.25, 0.3) is 0 Å². The molecule has 0 bridgehead atoms. The number of nitrogens with zero attached hydrogens (tertiary/aromatic N) is 1. The Hall–Kier alpha value is -0.640. The van der Waals surface area contributed by atoms with Crippen LogP contribution < -0.4 is 0 Å². The Kier molecular flexibility index (Phi) is 3.25. The molecule has 1 heterocycles. The highest BCUT2D eigenvalue weighted by Gasteiger charge is 2.34. The Bertz CT molecular complexity index is 188. The van der Waals surface area contributed by atoms with E-state index in [1.54, 1.807) is 11.8 Å². The molecule has 0 aromatic carbocycles. The van der Waals surface area contributed by atoms with Gasteiger partial charge in [0.2, 0.25) is 5.91 Å². The van der Waals surface area contributed by atoms with Crippen LogP contribution in [0.1, 0.15) is 26.2 Å². The van der Waals surface area contributed by atoms with Gasteiger partial charge in [0.1, 0.15) is 5.67 Å². The molecule has 0 spiro atoms. The van der Waals surface area contributed by atoms with E-state index in [4.69, 9.17) is 5.11 Å². The van der Waals surface area contributed by atoms with Crippen LogP contribution in [-0.2, 0) is 4.79 Å². The zero-order valence-corrected chi connectivity index (χ0v) is 7.92. The van der Waals surface area contributed by atoms with Gasteiger partial charge in [-0.1, -0.05) is 6.92 Å². The minimum Gasteiger partial charge on any atom is -0.393 e. The van der Waals surface area contributed by atoms with Crippen molar-refractivity contribution >= 4 is 5.91 Å². The molecule has 1 N–H and O–H groups in total. The molecule has 4 heteroatoms. The molecule has 1 amide bonds. The van der Waals surface area contributed by atoms with Crippen LogP contribution in [0, 0.1) is 0 Å². The van der Waals surface area contributed by atoms with E-state index >= 15 is 0 Å². The second-order valence-corrected chi connectivity index (χ2v) is 3.54. The minimum absolute atomic E-state index is 0.0694. The molecule has 0 aromatic heterocycles. The van der Waals surface area contributed by atoms with Crippen LogP contribution in [0.3, 0.4) is 0 Å². The third-order valence-corrected chi connectivity index (χ3v) is 2.60. The number of amides is 1. The monoisotopic (exact) mass is 189 g/mol. The maximum Gasteiger partial charge on any atom is 0.222 e. The van der Waals surface area contributed by atoms with E-state index in [0.717, 1.165) is 0 Å². The summed E-state index contributed by atoms with van der Waals surface area (Å²) in [5, 5.41) is 8.75. The van der Waals surface area contributed by atoms with Crippen LogP contribution in [0.25, 0.3) is 0 Å². The SMILES string of the molecule is CCC(=O)N1CCC(F)(CO)CC1. The van der Waals surface area contributed by atoms with E-state index < -0.39 is 12.3 Å². The lowest BCUT2D eigenvalue weighted by atomic mass is 9.94. The third kappa shape index (κ3) is 2.40. The molecule has 13 heavy (non-hydrogen) atoms. The Labute approximate surface area is 77.5 Å². The summed E-state index contributed by atoms with van der Waals surface area (Å²) in [7, 11) is 0. The third-order valence-electron chi connectivity index (χ3n) is 2.60. The molecule has 1 fully saturated rings. The summed E-state index contributed by atoms with van der Waals surface area (Å²) in [5.41, 5.74) is -1.45. The number of halogens is 1. The first-order valence-electron chi connectivity index (χ1n) is 4.69. The summed E-state index contributed by atoms with van der Waals surface area (Å²) in [6.45, 7) is 2.24. The van der Waals surface area contributed by atoms with Gasteiger partial charge in [-0.15, -0.1) is 0 Å². The van der Waals surface area contributed by atoms with Gasteiger partial charge in [0, 0.05) is 32.4 Å². The van der Waals surface area contributed by atoms with Crippen molar-refractivity contribution in [2.45, 2.75) is 31.9 Å². The predicted octanol–water partition coefficient (Wildman–Crippen LogP) is 0.719. The maximum atomic E-state index is 13.5. The average molecular weight is 189 g/mol. The highest BCUT2D eigenvalue weighted by Crippen LogP contribution is 2.25. The van der Waals surface area contributed by atoms with Crippen LogP contribution >= 0.6 is 0 Å². The average Bonchev–Trinajstić information content (AvgIpc) is 2.18. The minimum atomic E-state index is -1.45. The van der Waals surface area contributed by atoms with E-state index in [1.807, 2.05) is 0 Å². The Balaban J connectivity index is 2.43. The molecule has 1 aliphatic heterocycles. The fraction of sp³-hybridized carbons (Fsp3) is 0.889. The molecule has 0 atom stereocenters. The first-order chi connectivity index (χ1) is 6.11. The fourth-order valence-corrected chi connectivity index (χ4v) is 1.54.